The fourth-order valence-corrected chi connectivity index (χ4v) is 6.66. The number of nitrogens with one attached hydrogen (secondary N) is 1. The van der Waals surface area contributed by atoms with Crippen LogP contribution in [0.4, 0.5) is 5.69 Å². The SMILES string of the molecule is CCCCCCCCCCCCS(=O)(=O)O.O=C(NN1CCCCC1)C1=NN(c2ccc(Cl)cc2Cl)C(c2ccc(Cl)cc2)C1. The monoisotopic (exact) mass is 700 g/mol. The van der Waals surface area contributed by atoms with Gasteiger partial charge in [-0.05, 0) is 55.2 Å². The molecular weight excluding hydrogens is 655 g/mol. The summed E-state index contributed by atoms with van der Waals surface area (Å²) in [5.74, 6) is -0.248. The van der Waals surface area contributed by atoms with E-state index in [-0.39, 0.29) is 17.7 Å². The van der Waals surface area contributed by atoms with E-state index in [4.69, 9.17) is 39.4 Å². The average molecular weight is 702 g/mol. The van der Waals surface area contributed by atoms with E-state index in [0.29, 0.717) is 39.3 Å². The number of carbonyl (C=O) groups excluding carboxylic acids is 1. The molecule has 0 bridgehead atoms. The molecule has 2 heterocycles. The summed E-state index contributed by atoms with van der Waals surface area (Å²) in [6, 6.07) is 12.7. The smallest absolute Gasteiger partial charge is 0.281 e. The van der Waals surface area contributed by atoms with Crippen molar-refractivity contribution in [1.29, 1.82) is 0 Å². The van der Waals surface area contributed by atoms with Crippen LogP contribution in [0.5, 0.6) is 0 Å². The van der Waals surface area contributed by atoms with Crippen LogP contribution in [0.2, 0.25) is 15.1 Å². The van der Waals surface area contributed by atoms with E-state index >= 15 is 0 Å². The molecule has 45 heavy (non-hydrogen) atoms. The van der Waals surface area contributed by atoms with Crippen molar-refractivity contribution in [3.63, 3.8) is 0 Å². The Morgan fingerprint density at radius 1 is 0.867 bits per heavy atom. The zero-order valence-electron chi connectivity index (χ0n) is 26.2. The van der Waals surface area contributed by atoms with Gasteiger partial charge in [0.2, 0.25) is 0 Å². The lowest BCUT2D eigenvalue weighted by atomic mass is 10.0. The summed E-state index contributed by atoms with van der Waals surface area (Å²) < 4.78 is 29.4. The van der Waals surface area contributed by atoms with Crippen LogP contribution in [0.25, 0.3) is 0 Å². The van der Waals surface area contributed by atoms with Crippen LogP contribution in [-0.4, -0.2) is 48.4 Å². The molecule has 8 nitrogen and oxygen atoms in total. The normalized spacial score (nSPS) is 17.0. The summed E-state index contributed by atoms with van der Waals surface area (Å²) in [6.07, 6.45) is 15.5. The van der Waals surface area contributed by atoms with Gasteiger partial charge < -0.3 is 0 Å². The lowest BCUT2D eigenvalue weighted by Crippen LogP contribution is -2.47. The standard InChI is InChI=1S/C21H21Cl3N4O.C12H26O3S/c22-15-6-4-14(5-7-15)20-13-18(21(29)26-27-10-2-1-3-11-27)25-28(20)19-9-8-16(23)12-17(19)24;1-2-3-4-5-6-7-8-9-10-11-12-16(13,14)15/h4-9,12,20H,1-3,10-11,13H2,(H,26,29);2-12H2,1H3,(H,13,14,15). The van der Waals surface area contributed by atoms with E-state index in [2.05, 4.69) is 17.5 Å². The van der Waals surface area contributed by atoms with Gasteiger partial charge in [-0.1, -0.05) is 118 Å². The molecular formula is C33H47Cl3N4O4S. The van der Waals surface area contributed by atoms with Gasteiger partial charge in [-0.25, -0.2) is 5.01 Å². The van der Waals surface area contributed by atoms with Gasteiger partial charge in [0.15, 0.2) is 0 Å². The number of carbonyl (C=O) groups is 1. The number of hydrogen-bond acceptors (Lipinski definition) is 6. The Morgan fingerprint density at radius 2 is 1.44 bits per heavy atom. The van der Waals surface area contributed by atoms with E-state index < -0.39 is 10.1 Å². The average Bonchev–Trinajstić information content (AvgIpc) is 3.44. The minimum atomic E-state index is -3.73. The third-order valence-electron chi connectivity index (χ3n) is 7.96. The van der Waals surface area contributed by atoms with Crippen LogP contribution in [-0.2, 0) is 14.9 Å². The Morgan fingerprint density at radius 3 is 2.02 bits per heavy atom. The molecule has 2 aliphatic heterocycles. The third kappa shape index (κ3) is 13.8. The van der Waals surface area contributed by atoms with Gasteiger partial charge in [0.25, 0.3) is 16.0 Å². The van der Waals surface area contributed by atoms with Gasteiger partial charge in [0.05, 0.1) is 22.5 Å². The molecule has 0 saturated carbocycles. The Labute approximate surface area is 284 Å². The van der Waals surface area contributed by atoms with Crippen molar-refractivity contribution in [2.75, 3.05) is 23.9 Å². The van der Waals surface area contributed by atoms with E-state index in [1.165, 1.54) is 51.4 Å². The number of unbranched alkanes of at least 4 members (excludes halogenated alkanes) is 9. The summed E-state index contributed by atoms with van der Waals surface area (Å²) in [7, 11) is -3.73. The number of hydrazone groups is 1. The second-order valence-electron chi connectivity index (χ2n) is 11.7. The highest BCUT2D eigenvalue weighted by Crippen LogP contribution is 2.40. The molecule has 0 aromatic heterocycles. The first kappa shape index (κ1) is 37.6. The fraction of sp³-hybridized carbons (Fsp3) is 0.576. The van der Waals surface area contributed by atoms with Crippen LogP contribution < -0.4 is 10.4 Å². The lowest BCUT2D eigenvalue weighted by molar-refractivity contribution is -0.119. The summed E-state index contributed by atoms with van der Waals surface area (Å²) >= 11 is 18.6. The molecule has 0 radical (unpaired) electrons. The van der Waals surface area contributed by atoms with E-state index in [1.54, 1.807) is 17.1 Å². The van der Waals surface area contributed by atoms with Gasteiger partial charge in [0, 0.05) is 29.6 Å². The van der Waals surface area contributed by atoms with Crippen molar-refractivity contribution in [3.05, 3.63) is 63.1 Å². The van der Waals surface area contributed by atoms with E-state index in [1.807, 2.05) is 35.3 Å². The van der Waals surface area contributed by atoms with Crippen LogP contribution in [0.1, 0.15) is 108 Å². The maximum Gasteiger partial charge on any atom is 0.281 e. The van der Waals surface area contributed by atoms with Crippen molar-refractivity contribution in [2.45, 2.75) is 103 Å². The Kier molecular flexibility index (Phi) is 16.5. The molecule has 1 atom stereocenters. The topological polar surface area (TPSA) is 102 Å². The number of benzene rings is 2. The molecule has 12 heteroatoms. The first-order valence-corrected chi connectivity index (χ1v) is 18.9. The second-order valence-corrected chi connectivity index (χ2v) is 14.6. The van der Waals surface area contributed by atoms with E-state index in [9.17, 15) is 13.2 Å². The number of nitrogens with zero attached hydrogens (tertiary/aromatic N) is 3. The quantitative estimate of drug-likeness (QED) is 0.142. The van der Waals surface area contributed by atoms with E-state index in [0.717, 1.165) is 44.3 Å². The van der Waals surface area contributed by atoms with Gasteiger partial charge in [-0.3, -0.25) is 19.8 Å². The van der Waals surface area contributed by atoms with Crippen LogP contribution in [0, 0.1) is 0 Å². The number of amides is 1. The lowest BCUT2D eigenvalue weighted by Gasteiger charge is -2.26. The minimum Gasteiger partial charge on any atom is -0.286 e. The second kappa shape index (κ2) is 19.7. The van der Waals surface area contributed by atoms with Crippen LogP contribution >= 0.6 is 34.8 Å². The predicted molar refractivity (Wildman–Crippen MR) is 187 cm³/mol. The van der Waals surface area contributed by atoms with Crippen molar-refractivity contribution in [1.82, 2.24) is 10.4 Å². The van der Waals surface area contributed by atoms with Crippen molar-refractivity contribution < 1.29 is 17.8 Å². The predicted octanol–water partition coefficient (Wildman–Crippen LogP) is 9.27. The largest absolute Gasteiger partial charge is 0.286 e. The molecule has 0 aliphatic carbocycles. The van der Waals surface area contributed by atoms with Crippen molar-refractivity contribution in [2.24, 2.45) is 5.10 Å². The number of halogens is 3. The number of piperidine rings is 1. The summed E-state index contributed by atoms with van der Waals surface area (Å²) in [4.78, 5) is 12.9. The van der Waals surface area contributed by atoms with Crippen LogP contribution in [0.15, 0.2) is 47.6 Å². The molecule has 1 amide bonds. The molecule has 1 saturated heterocycles. The highest BCUT2D eigenvalue weighted by molar-refractivity contribution is 7.85. The maximum absolute atomic E-state index is 12.9. The highest BCUT2D eigenvalue weighted by atomic mass is 35.5. The Balaban J connectivity index is 0.000000296. The van der Waals surface area contributed by atoms with Crippen LogP contribution in [0.3, 0.4) is 0 Å². The molecule has 2 aliphatic rings. The molecule has 0 spiro atoms. The number of hydrazine groups is 1. The Hall–Kier alpha value is -1.88. The summed E-state index contributed by atoms with van der Waals surface area (Å²) in [5, 5.41) is 10.1. The third-order valence-corrected chi connectivity index (χ3v) is 9.55. The fourth-order valence-electron chi connectivity index (χ4n) is 5.47. The molecule has 2 aromatic carbocycles. The van der Waals surface area contributed by atoms with Gasteiger partial charge >= 0.3 is 0 Å². The number of anilines is 1. The summed E-state index contributed by atoms with van der Waals surface area (Å²) in [5.41, 5.74) is 5.18. The first-order chi connectivity index (χ1) is 21.6. The minimum absolute atomic E-state index is 0.0799. The zero-order chi connectivity index (χ0) is 32.7. The first-order valence-electron chi connectivity index (χ1n) is 16.2. The Bertz CT molecular complexity index is 1340. The van der Waals surface area contributed by atoms with Crippen molar-refractivity contribution in [3.8, 4) is 0 Å². The highest BCUT2D eigenvalue weighted by Gasteiger charge is 2.34. The molecule has 1 fully saturated rings. The number of hydrogen-bond donors (Lipinski definition) is 2. The van der Waals surface area contributed by atoms with Gasteiger partial charge in [-0.15, -0.1) is 0 Å². The van der Waals surface area contributed by atoms with Gasteiger partial charge in [-0.2, -0.15) is 13.5 Å². The zero-order valence-corrected chi connectivity index (χ0v) is 29.3. The molecule has 4 rings (SSSR count). The van der Waals surface area contributed by atoms with Gasteiger partial charge in [0.1, 0.15) is 5.71 Å². The number of rotatable bonds is 15. The molecule has 2 N–H and O–H groups in total. The maximum atomic E-state index is 12.9. The van der Waals surface area contributed by atoms with Crippen molar-refractivity contribution >= 4 is 62.2 Å². The summed E-state index contributed by atoms with van der Waals surface area (Å²) in [6.45, 7) is 3.95. The molecule has 250 valence electrons. The molecule has 1 unspecified atom stereocenters. The molecule has 2 aromatic rings.